The zero-order valence-corrected chi connectivity index (χ0v) is 15.4. The Morgan fingerprint density at radius 3 is 2.33 bits per heavy atom. The molecule has 0 saturated carbocycles. The fraction of sp³-hybridized carbons (Fsp3) is 0.316. The van der Waals surface area contributed by atoms with Crippen LogP contribution < -0.4 is 4.90 Å². The van der Waals surface area contributed by atoms with Gasteiger partial charge >= 0.3 is 0 Å². The molecule has 8 nitrogen and oxygen atoms in total. The van der Waals surface area contributed by atoms with Crippen molar-refractivity contribution in [2.75, 3.05) is 31.1 Å². The van der Waals surface area contributed by atoms with Crippen LogP contribution in [0.4, 0.5) is 5.82 Å². The van der Waals surface area contributed by atoms with Crippen LogP contribution in [0.25, 0.3) is 5.82 Å². The van der Waals surface area contributed by atoms with E-state index in [1.807, 2.05) is 35.6 Å². The minimum absolute atomic E-state index is 0.0445. The fourth-order valence-electron chi connectivity index (χ4n) is 3.30. The number of anilines is 1. The lowest BCUT2D eigenvalue weighted by Gasteiger charge is -2.35. The predicted molar refractivity (Wildman–Crippen MR) is 101 cm³/mol. The maximum absolute atomic E-state index is 12.6. The Labute approximate surface area is 157 Å². The van der Waals surface area contributed by atoms with Gasteiger partial charge in [-0.2, -0.15) is 5.10 Å². The smallest absolute Gasteiger partial charge is 0.254 e. The molecule has 3 aromatic heterocycles. The highest BCUT2D eigenvalue weighted by Crippen LogP contribution is 2.18. The third-order valence-corrected chi connectivity index (χ3v) is 4.68. The van der Waals surface area contributed by atoms with Crippen LogP contribution in [0.2, 0.25) is 0 Å². The van der Waals surface area contributed by atoms with Crippen LogP contribution in [0, 0.1) is 13.8 Å². The number of pyridine rings is 1. The number of amides is 1. The van der Waals surface area contributed by atoms with Gasteiger partial charge in [-0.25, -0.2) is 14.6 Å². The third-order valence-electron chi connectivity index (χ3n) is 4.68. The Hall–Kier alpha value is -3.29. The van der Waals surface area contributed by atoms with E-state index in [2.05, 4.69) is 25.0 Å². The van der Waals surface area contributed by atoms with Crippen molar-refractivity contribution in [3.8, 4) is 5.82 Å². The number of carbonyl (C=O) groups excluding carboxylic acids is 1. The van der Waals surface area contributed by atoms with E-state index < -0.39 is 0 Å². The molecule has 4 heterocycles. The summed E-state index contributed by atoms with van der Waals surface area (Å²) < 4.78 is 1.82. The zero-order chi connectivity index (χ0) is 18.8. The van der Waals surface area contributed by atoms with Gasteiger partial charge in [-0.15, -0.1) is 0 Å². The molecule has 27 heavy (non-hydrogen) atoms. The van der Waals surface area contributed by atoms with Crippen LogP contribution in [-0.4, -0.2) is 61.7 Å². The van der Waals surface area contributed by atoms with Crippen LogP contribution in [0.5, 0.6) is 0 Å². The third kappa shape index (κ3) is 3.51. The molecule has 0 atom stereocenters. The van der Waals surface area contributed by atoms with Crippen LogP contribution in [0.15, 0.2) is 43.0 Å². The molecule has 0 bridgehead atoms. The van der Waals surface area contributed by atoms with Gasteiger partial charge in [0.15, 0.2) is 5.82 Å². The molecule has 1 saturated heterocycles. The van der Waals surface area contributed by atoms with Crippen molar-refractivity contribution in [2.45, 2.75) is 13.8 Å². The molecule has 0 aromatic carbocycles. The molecule has 0 spiro atoms. The number of nitrogens with zero attached hydrogens (tertiary/aromatic N) is 7. The first-order valence-electron chi connectivity index (χ1n) is 8.92. The van der Waals surface area contributed by atoms with Gasteiger partial charge in [-0.05, 0) is 32.0 Å². The topological polar surface area (TPSA) is 80.0 Å². The summed E-state index contributed by atoms with van der Waals surface area (Å²) in [7, 11) is 0. The summed E-state index contributed by atoms with van der Waals surface area (Å²) in [6.45, 7) is 6.73. The summed E-state index contributed by atoms with van der Waals surface area (Å²) in [4.78, 5) is 29.3. The average Bonchev–Trinajstić information content (AvgIpc) is 3.06. The lowest BCUT2D eigenvalue weighted by atomic mass is 10.2. The molecular weight excluding hydrogens is 342 g/mol. The Morgan fingerprint density at radius 2 is 1.67 bits per heavy atom. The number of hydrogen-bond donors (Lipinski definition) is 0. The van der Waals surface area contributed by atoms with Gasteiger partial charge in [0.25, 0.3) is 5.91 Å². The van der Waals surface area contributed by atoms with Gasteiger partial charge < -0.3 is 9.80 Å². The second-order valence-electron chi connectivity index (χ2n) is 6.59. The van der Waals surface area contributed by atoms with Gasteiger partial charge in [0.2, 0.25) is 0 Å². The molecule has 1 aliphatic rings. The normalized spacial score (nSPS) is 14.4. The number of hydrogen-bond acceptors (Lipinski definition) is 6. The Bertz CT molecular complexity index is 946. The number of aryl methyl sites for hydroxylation is 2. The molecular formula is C19H21N7O. The van der Waals surface area contributed by atoms with Crippen molar-refractivity contribution in [1.29, 1.82) is 0 Å². The van der Waals surface area contributed by atoms with Crippen molar-refractivity contribution in [3.05, 3.63) is 59.9 Å². The monoisotopic (exact) mass is 363 g/mol. The highest BCUT2D eigenvalue weighted by molar-refractivity contribution is 5.94. The highest BCUT2D eigenvalue weighted by Gasteiger charge is 2.23. The van der Waals surface area contributed by atoms with Crippen molar-refractivity contribution in [2.24, 2.45) is 0 Å². The Balaban J connectivity index is 1.46. The Kier molecular flexibility index (Phi) is 4.53. The molecule has 1 fully saturated rings. The predicted octanol–water partition coefficient (Wildman–Crippen LogP) is 1.64. The van der Waals surface area contributed by atoms with Crippen LogP contribution in [-0.2, 0) is 0 Å². The molecule has 0 N–H and O–H groups in total. The van der Waals surface area contributed by atoms with Gasteiger partial charge in [0, 0.05) is 55.9 Å². The summed E-state index contributed by atoms with van der Waals surface area (Å²) in [5.41, 5.74) is 2.66. The molecule has 0 unspecified atom stereocenters. The van der Waals surface area contributed by atoms with Crippen molar-refractivity contribution in [3.63, 3.8) is 0 Å². The van der Waals surface area contributed by atoms with Gasteiger partial charge in [0.1, 0.15) is 12.1 Å². The van der Waals surface area contributed by atoms with E-state index >= 15 is 0 Å². The summed E-state index contributed by atoms with van der Waals surface area (Å²) >= 11 is 0. The van der Waals surface area contributed by atoms with E-state index in [9.17, 15) is 4.79 Å². The molecule has 0 radical (unpaired) electrons. The number of carbonyl (C=O) groups is 1. The molecule has 1 aliphatic heterocycles. The standard InChI is InChI=1S/C19H21N7O/c1-14-11-15(2)26(23-14)18-12-17(21-13-22-18)24-7-9-25(10-8-24)19(27)16-3-5-20-6-4-16/h3-6,11-13H,7-10H2,1-2H3. The first-order chi connectivity index (χ1) is 13.1. The van der Waals surface area contributed by atoms with E-state index in [1.54, 1.807) is 30.9 Å². The highest BCUT2D eigenvalue weighted by atomic mass is 16.2. The first-order valence-corrected chi connectivity index (χ1v) is 8.92. The molecule has 1 amide bonds. The summed E-state index contributed by atoms with van der Waals surface area (Å²) in [5, 5.41) is 4.49. The molecule has 4 rings (SSSR count). The Morgan fingerprint density at radius 1 is 0.963 bits per heavy atom. The summed E-state index contributed by atoms with van der Waals surface area (Å²) in [5.74, 6) is 1.65. The molecule has 8 heteroatoms. The second kappa shape index (κ2) is 7.14. The molecule has 3 aromatic rings. The number of piperazine rings is 1. The quantitative estimate of drug-likeness (QED) is 0.704. The number of rotatable bonds is 3. The van der Waals surface area contributed by atoms with Gasteiger partial charge in [-0.3, -0.25) is 9.78 Å². The first kappa shape index (κ1) is 17.1. The maximum atomic E-state index is 12.6. The maximum Gasteiger partial charge on any atom is 0.254 e. The largest absolute Gasteiger partial charge is 0.353 e. The molecule has 0 aliphatic carbocycles. The zero-order valence-electron chi connectivity index (χ0n) is 15.4. The minimum atomic E-state index is 0.0445. The van der Waals surface area contributed by atoms with Crippen LogP contribution in [0.3, 0.4) is 0 Å². The summed E-state index contributed by atoms with van der Waals surface area (Å²) in [6.07, 6.45) is 4.85. The lowest BCUT2D eigenvalue weighted by molar-refractivity contribution is 0.0746. The summed E-state index contributed by atoms with van der Waals surface area (Å²) in [6, 6.07) is 7.46. The van der Waals surface area contributed by atoms with E-state index in [1.165, 1.54) is 0 Å². The van der Waals surface area contributed by atoms with E-state index in [0.29, 0.717) is 18.7 Å². The van der Waals surface area contributed by atoms with Gasteiger partial charge in [-0.1, -0.05) is 0 Å². The number of aromatic nitrogens is 5. The van der Waals surface area contributed by atoms with Crippen molar-refractivity contribution in [1.82, 2.24) is 29.6 Å². The van der Waals surface area contributed by atoms with Gasteiger partial charge in [0.05, 0.1) is 5.69 Å². The van der Waals surface area contributed by atoms with Crippen molar-refractivity contribution >= 4 is 11.7 Å². The van der Waals surface area contributed by atoms with Crippen molar-refractivity contribution < 1.29 is 4.79 Å². The fourth-order valence-corrected chi connectivity index (χ4v) is 3.30. The minimum Gasteiger partial charge on any atom is -0.353 e. The van der Waals surface area contributed by atoms with E-state index in [4.69, 9.17) is 0 Å². The van der Waals surface area contributed by atoms with E-state index in [-0.39, 0.29) is 5.91 Å². The van der Waals surface area contributed by atoms with Crippen LogP contribution >= 0.6 is 0 Å². The SMILES string of the molecule is Cc1cc(C)n(-c2cc(N3CCN(C(=O)c4ccncc4)CC3)ncn2)n1. The average molecular weight is 363 g/mol. The molecule has 138 valence electrons. The van der Waals surface area contributed by atoms with E-state index in [0.717, 1.165) is 36.1 Å². The van der Waals surface area contributed by atoms with Crippen LogP contribution in [0.1, 0.15) is 21.7 Å². The second-order valence-corrected chi connectivity index (χ2v) is 6.59. The lowest BCUT2D eigenvalue weighted by Crippen LogP contribution is -2.49.